The average Bonchev–Trinajstić information content (AvgIpc) is 2.79. The van der Waals surface area contributed by atoms with Gasteiger partial charge in [-0.3, -0.25) is 19.5 Å². The molecule has 0 saturated carbocycles. The fourth-order valence-electron chi connectivity index (χ4n) is 4.28. The van der Waals surface area contributed by atoms with Crippen molar-refractivity contribution in [1.29, 1.82) is 0 Å². The third kappa shape index (κ3) is 8.07. The van der Waals surface area contributed by atoms with Crippen molar-refractivity contribution < 1.29 is 27.1 Å². The van der Waals surface area contributed by atoms with Gasteiger partial charge in [-0.15, -0.1) is 0 Å². The van der Waals surface area contributed by atoms with Crippen molar-refractivity contribution >= 4 is 21.7 Å². The van der Waals surface area contributed by atoms with Crippen LogP contribution in [-0.4, -0.2) is 72.4 Å². The molecule has 36 heavy (non-hydrogen) atoms. The van der Waals surface area contributed by atoms with Gasteiger partial charge >= 0.3 is 0 Å². The summed E-state index contributed by atoms with van der Waals surface area (Å²) in [5.74, 6) is -1.28. The first-order valence-electron chi connectivity index (χ1n) is 11.8. The number of carbonyl (C=O) groups is 2. The number of aromatic nitrogens is 1. The Morgan fingerprint density at radius 1 is 1.11 bits per heavy atom. The van der Waals surface area contributed by atoms with Crippen LogP contribution in [0, 0.1) is 12.7 Å². The first-order valence-corrected chi connectivity index (χ1v) is 13.5. The van der Waals surface area contributed by atoms with Gasteiger partial charge in [0.1, 0.15) is 23.1 Å². The van der Waals surface area contributed by atoms with E-state index in [0.717, 1.165) is 5.56 Å². The van der Waals surface area contributed by atoms with Crippen molar-refractivity contribution in [2.75, 3.05) is 25.4 Å². The number of halogens is 1. The standard InChI is InChI=1S/C25H33FN4O5S/c1-17-4-11-24(23(28-17)10-9-22(31)16-36(27,33)34)35-15-25(32)30-13-18(2)29(12-19(30)3)14-20-5-7-21(26)8-6-20/h4-8,11,18-19H,9-10,12-16H2,1-3H3,(H2,27,33,34)/t18-,19+/m0/s1. The summed E-state index contributed by atoms with van der Waals surface area (Å²) in [6.07, 6.45) is 0.122. The van der Waals surface area contributed by atoms with Crippen LogP contribution in [0.1, 0.15) is 37.2 Å². The molecule has 9 nitrogen and oxygen atoms in total. The van der Waals surface area contributed by atoms with Crippen LogP contribution < -0.4 is 9.88 Å². The van der Waals surface area contributed by atoms with Crippen molar-refractivity contribution in [3.05, 3.63) is 59.2 Å². The number of piperazine rings is 1. The molecule has 0 unspecified atom stereocenters. The molecule has 0 aliphatic carbocycles. The third-order valence-corrected chi connectivity index (χ3v) is 6.88. The number of amides is 1. The molecule has 0 bridgehead atoms. The van der Waals surface area contributed by atoms with E-state index in [9.17, 15) is 22.4 Å². The molecule has 1 aliphatic rings. The number of aryl methyl sites for hydroxylation is 2. The Balaban J connectivity index is 1.57. The number of Topliss-reactive ketones (excluding diaryl/α,β-unsaturated/α-hetero) is 1. The van der Waals surface area contributed by atoms with Gasteiger partial charge in [0, 0.05) is 50.3 Å². The molecule has 2 aromatic rings. The van der Waals surface area contributed by atoms with Crippen LogP contribution in [0.15, 0.2) is 36.4 Å². The Morgan fingerprint density at radius 2 is 1.81 bits per heavy atom. The largest absolute Gasteiger partial charge is 0.482 e. The minimum atomic E-state index is -3.88. The van der Waals surface area contributed by atoms with Crippen molar-refractivity contribution in [3.8, 4) is 5.75 Å². The predicted molar refractivity (Wildman–Crippen MR) is 133 cm³/mol. The minimum absolute atomic E-state index is 0.0378. The van der Waals surface area contributed by atoms with Crippen LogP contribution >= 0.6 is 0 Å². The lowest BCUT2D eigenvalue weighted by Crippen LogP contribution is -2.58. The van der Waals surface area contributed by atoms with Crippen molar-refractivity contribution in [1.82, 2.24) is 14.8 Å². The Morgan fingerprint density at radius 3 is 2.47 bits per heavy atom. The number of primary sulfonamides is 1. The van der Waals surface area contributed by atoms with E-state index in [-0.39, 0.29) is 43.3 Å². The van der Waals surface area contributed by atoms with E-state index in [0.29, 0.717) is 36.8 Å². The molecule has 1 fully saturated rings. The van der Waals surface area contributed by atoms with Crippen LogP contribution in [-0.2, 0) is 32.6 Å². The van der Waals surface area contributed by atoms with E-state index >= 15 is 0 Å². The molecule has 0 spiro atoms. The number of ketones is 1. The molecule has 0 radical (unpaired) electrons. The van der Waals surface area contributed by atoms with Gasteiger partial charge in [-0.1, -0.05) is 12.1 Å². The first kappa shape index (κ1) is 27.7. The Kier molecular flexibility index (Phi) is 9.15. The van der Waals surface area contributed by atoms with Gasteiger partial charge < -0.3 is 9.64 Å². The molecular weight excluding hydrogens is 487 g/mol. The molecule has 3 rings (SSSR count). The van der Waals surface area contributed by atoms with Crippen LogP contribution in [0.3, 0.4) is 0 Å². The third-order valence-electron chi connectivity index (χ3n) is 6.16. The molecule has 1 aromatic carbocycles. The summed E-state index contributed by atoms with van der Waals surface area (Å²) in [6.45, 7) is 7.53. The lowest BCUT2D eigenvalue weighted by Gasteiger charge is -2.44. The smallest absolute Gasteiger partial charge is 0.260 e. The highest BCUT2D eigenvalue weighted by molar-refractivity contribution is 7.89. The fraction of sp³-hybridized carbons (Fsp3) is 0.480. The zero-order valence-electron chi connectivity index (χ0n) is 20.8. The second-order valence-corrected chi connectivity index (χ2v) is 10.9. The second kappa shape index (κ2) is 11.9. The maximum Gasteiger partial charge on any atom is 0.260 e. The first-order chi connectivity index (χ1) is 16.9. The van der Waals surface area contributed by atoms with Crippen molar-refractivity contribution in [2.45, 2.75) is 52.2 Å². The van der Waals surface area contributed by atoms with Gasteiger partial charge in [-0.05, 0) is 50.6 Å². The van der Waals surface area contributed by atoms with E-state index in [1.807, 2.05) is 6.92 Å². The number of carbonyl (C=O) groups excluding carboxylic acids is 2. The van der Waals surface area contributed by atoms with Gasteiger partial charge in [-0.25, -0.2) is 17.9 Å². The fourth-order valence-corrected chi connectivity index (χ4v) is 4.87. The maximum absolute atomic E-state index is 13.2. The van der Waals surface area contributed by atoms with Crippen LogP contribution in [0.5, 0.6) is 5.75 Å². The molecule has 196 valence electrons. The van der Waals surface area contributed by atoms with Gasteiger partial charge in [0.05, 0.1) is 5.69 Å². The van der Waals surface area contributed by atoms with E-state index in [1.54, 1.807) is 36.1 Å². The highest BCUT2D eigenvalue weighted by Crippen LogP contribution is 2.21. The Hall–Kier alpha value is -2.89. The summed E-state index contributed by atoms with van der Waals surface area (Å²) >= 11 is 0. The van der Waals surface area contributed by atoms with E-state index in [1.165, 1.54) is 12.1 Å². The van der Waals surface area contributed by atoms with Gasteiger partial charge in [0.15, 0.2) is 6.61 Å². The summed E-state index contributed by atoms with van der Waals surface area (Å²) in [5, 5.41) is 4.94. The predicted octanol–water partition coefficient (Wildman–Crippen LogP) is 1.82. The number of nitrogens with zero attached hydrogens (tertiary/aromatic N) is 3. The number of hydrogen-bond donors (Lipinski definition) is 1. The quantitative estimate of drug-likeness (QED) is 0.507. The Bertz CT molecular complexity index is 1190. The van der Waals surface area contributed by atoms with Gasteiger partial charge in [0.2, 0.25) is 10.0 Å². The molecule has 1 saturated heterocycles. The van der Waals surface area contributed by atoms with E-state index < -0.39 is 21.6 Å². The average molecular weight is 521 g/mol. The van der Waals surface area contributed by atoms with Crippen LogP contribution in [0.4, 0.5) is 4.39 Å². The van der Waals surface area contributed by atoms with Gasteiger partial charge in [-0.2, -0.15) is 0 Å². The topological polar surface area (TPSA) is 123 Å². The molecule has 1 aromatic heterocycles. The number of hydrogen-bond acceptors (Lipinski definition) is 7. The zero-order chi connectivity index (χ0) is 26.5. The van der Waals surface area contributed by atoms with Crippen LogP contribution in [0.2, 0.25) is 0 Å². The SMILES string of the molecule is Cc1ccc(OCC(=O)N2C[C@H](C)N(Cc3ccc(F)cc3)C[C@H]2C)c(CCC(=O)CS(N)(=O)=O)n1. The second-order valence-electron chi connectivity index (χ2n) is 9.33. The van der Waals surface area contributed by atoms with Gasteiger partial charge in [0.25, 0.3) is 5.91 Å². The Labute approximate surface area is 211 Å². The summed E-state index contributed by atoms with van der Waals surface area (Å²) in [7, 11) is -3.88. The number of benzene rings is 1. The van der Waals surface area contributed by atoms with Crippen molar-refractivity contribution in [3.63, 3.8) is 0 Å². The van der Waals surface area contributed by atoms with Crippen LogP contribution in [0.25, 0.3) is 0 Å². The molecule has 2 N–H and O–H groups in total. The van der Waals surface area contributed by atoms with E-state index in [4.69, 9.17) is 9.88 Å². The number of pyridine rings is 1. The molecule has 2 atom stereocenters. The molecule has 2 heterocycles. The van der Waals surface area contributed by atoms with Crippen molar-refractivity contribution in [2.24, 2.45) is 5.14 Å². The molecule has 11 heteroatoms. The molecule has 1 amide bonds. The minimum Gasteiger partial charge on any atom is -0.482 e. The number of sulfonamides is 1. The highest BCUT2D eigenvalue weighted by atomic mass is 32.2. The zero-order valence-corrected chi connectivity index (χ0v) is 21.6. The normalized spacial score (nSPS) is 18.8. The number of ether oxygens (including phenoxy) is 1. The summed E-state index contributed by atoms with van der Waals surface area (Å²) in [5.41, 5.74) is 2.21. The van der Waals surface area contributed by atoms with E-state index in [2.05, 4.69) is 16.8 Å². The lowest BCUT2D eigenvalue weighted by atomic mass is 10.1. The monoisotopic (exact) mass is 520 g/mol. The molecular formula is C25H33FN4O5S. The lowest BCUT2D eigenvalue weighted by molar-refractivity contribution is -0.139. The summed E-state index contributed by atoms with van der Waals surface area (Å²) < 4.78 is 41.3. The summed E-state index contributed by atoms with van der Waals surface area (Å²) in [6, 6.07) is 9.95. The summed E-state index contributed by atoms with van der Waals surface area (Å²) in [4.78, 5) is 33.4. The highest BCUT2D eigenvalue weighted by Gasteiger charge is 2.32. The number of nitrogens with two attached hydrogens (primary N) is 1. The number of rotatable bonds is 10. The maximum atomic E-state index is 13.2. The molecule has 1 aliphatic heterocycles.